The van der Waals surface area contributed by atoms with Crippen LogP contribution in [-0.4, -0.2) is 42.0 Å². The van der Waals surface area contributed by atoms with Crippen LogP contribution in [0.25, 0.3) is 0 Å². The van der Waals surface area contributed by atoms with E-state index in [1.807, 2.05) is 0 Å². The average Bonchev–Trinajstić information content (AvgIpc) is 2.40. The van der Waals surface area contributed by atoms with Crippen LogP contribution in [0.4, 0.5) is 0 Å². The number of nitrogens with one attached hydrogen (secondary N) is 2. The lowest BCUT2D eigenvalue weighted by atomic mass is 10.1. The summed E-state index contributed by atoms with van der Waals surface area (Å²) in [6, 6.07) is 2.90. The lowest BCUT2D eigenvalue weighted by Crippen LogP contribution is -2.37. The summed E-state index contributed by atoms with van der Waals surface area (Å²) in [6.45, 7) is 3.82. The van der Waals surface area contributed by atoms with Crippen molar-refractivity contribution in [3.63, 3.8) is 0 Å². The number of amides is 1. The fraction of sp³-hybridized carbons (Fsp3) is 0.538. The number of hydrogen-bond donors (Lipinski definition) is 2. The molecule has 0 bridgehead atoms. The van der Waals surface area contributed by atoms with Gasteiger partial charge in [-0.2, -0.15) is 0 Å². The van der Waals surface area contributed by atoms with Gasteiger partial charge in [-0.3, -0.25) is 9.59 Å². The highest BCUT2D eigenvalue weighted by Crippen LogP contribution is 2.07. The van der Waals surface area contributed by atoms with Gasteiger partial charge in [-0.15, -0.1) is 0 Å². The van der Waals surface area contributed by atoms with Crippen molar-refractivity contribution >= 4 is 5.91 Å². The number of hydrogen-bond acceptors (Lipinski definition) is 3. The van der Waals surface area contributed by atoms with Crippen molar-refractivity contribution in [1.82, 2.24) is 15.2 Å². The molecule has 1 saturated heterocycles. The highest BCUT2D eigenvalue weighted by molar-refractivity contribution is 5.93. The number of piperidine rings is 1. The van der Waals surface area contributed by atoms with Crippen LogP contribution in [0.1, 0.15) is 29.6 Å². The van der Waals surface area contributed by atoms with Crippen LogP contribution in [0.15, 0.2) is 23.1 Å². The molecular weight excluding hydrogens is 230 g/mol. The van der Waals surface area contributed by atoms with Crippen molar-refractivity contribution in [3.05, 3.63) is 34.2 Å². The van der Waals surface area contributed by atoms with Crippen LogP contribution in [0.5, 0.6) is 0 Å². The minimum Gasteiger partial charge on any atom is -0.351 e. The first kappa shape index (κ1) is 12.8. The SMILES string of the molecule is O=C(NCCN1CCCCC1)c1ccc(=O)[nH]c1. The maximum Gasteiger partial charge on any atom is 0.252 e. The molecule has 0 saturated carbocycles. The summed E-state index contributed by atoms with van der Waals surface area (Å²) in [6.07, 6.45) is 5.28. The van der Waals surface area contributed by atoms with Gasteiger partial charge >= 0.3 is 0 Å². The van der Waals surface area contributed by atoms with E-state index in [0.717, 1.165) is 19.6 Å². The van der Waals surface area contributed by atoms with Crippen molar-refractivity contribution in [3.8, 4) is 0 Å². The summed E-state index contributed by atoms with van der Waals surface area (Å²) in [5, 5.41) is 2.86. The second-order valence-electron chi connectivity index (χ2n) is 4.60. The molecule has 18 heavy (non-hydrogen) atoms. The Bertz CT molecular complexity index is 429. The Kier molecular flexibility index (Phi) is 4.52. The molecule has 0 aromatic carbocycles. The lowest BCUT2D eigenvalue weighted by molar-refractivity contribution is 0.0946. The quantitative estimate of drug-likeness (QED) is 0.821. The molecule has 2 rings (SSSR count). The van der Waals surface area contributed by atoms with Crippen molar-refractivity contribution in [1.29, 1.82) is 0 Å². The molecule has 98 valence electrons. The van der Waals surface area contributed by atoms with Crippen LogP contribution in [0.3, 0.4) is 0 Å². The third-order valence-corrected chi connectivity index (χ3v) is 3.21. The van der Waals surface area contributed by atoms with E-state index in [2.05, 4.69) is 15.2 Å². The first-order valence-electron chi connectivity index (χ1n) is 6.45. The van der Waals surface area contributed by atoms with E-state index in [9.17, 15) is 9.59 Å². The Morgan fingerprint density at radius 2 is 2.06 bits per heavy atom. The van der Waals surface area contributed by atoms with Gasteiger partial charge in [-0.1, -0.05) is 6.42 Å². The Balaban J connectivity index is 1.74. The van der Waals surface area contributed by atoms with Gasteiger partial charge in [-0.05, 0) is 32.0 Å². The third kappa shape index (κ3) is 3.70. The Morgan fingerprint density at radius 1 is 1.28 bits per heavy atom. The summed E-state index contributed by atoms with van der Waals surface area (Å²) in [5.41, 5.74) is 0.299. The van der Waals surface area contributed by atoms with Gasteiger partial charge in [0.15, 0.2) is 0 Å². The topological polar surface area (TPSA) is 65.2 Å². The second-order valence-corrected chi connectivity index (χ2v) is 4.60. The zero-order chi connectivity index (χ0) is 12.8. The van der Waals surface area contributed by atoms with Gasteiger partial charge in [0.2, 0.25) is 5.56 Å². The van der Waals surface area contributed by atoms with Crippen LogP contribution in [-0.2, 0) is 0 Å². The normalized spacial score (nSPS) is 16.4. The van der Waals surface area contributed by atoms with Gasteiger partial charge in [0.1, 0.15) is 0 Å². The number of nitrogens with zero attached hydrogens (tertiary/aromatic N) is 1. The van der Waals surface area contributed by atoms with Crippen molar-refractivity contribution in [2.45, 2.75) is 19.3 Å². The number of pyridine rings is 1. The molecule has 0 spiro atoms. The number of carbonyl (C=O) groups excluding carboxylic acids is 1. The third-order valence-electron chi connectivity index (χ3n) is 3.21. The molecule has 1 aliphatic rings. The fourth-order valence-corrected chi connectivity index (χ4v) is 2.16. The van der Waals surface area contributed by atoms with Gasteiger partial charge < -0.3 is 15.2 Å². The molecule has 0 radical (unpaired) electrons. The first-order valence-corrected chi connectivity index (χ1v) is 6.45. The number of carbonyl (C=O) groups is 1. The molecule has 1 amide bonds. The zero-order valence-electron chi connectivity index (χ0n) is 10.4. The predicted molar refractivity (Wildman–Crippen MR) is 69.7 cm³/mol. The maximum atomic E-state index is 11.7. The van der Waals surface area contributed by atoms with E-state index in [0.29, 0.717) is 12.1 Å². The molecule has 5 nitrogen and oxygen atoms in total. The number of aromatic nitrogens is 1. The summed E-state index contributed by atoms with van der Waals surface area (Å²) < 4.78 is 0. The summed E-state index contributed by atoms with van der Waals surface area (Å²) in [4.78, 5) is 27.5. The second kappa shape index (κ2) is 6.35. The smallest absolute Gasteiger partial charge is 0.252 e. The summed E-state index contributed by atoms with van der Waals surface area (Å²) >= 11 is 0. The van der Waals surface area contributed by atoms with Gasteiger partial charge in [0.05, 0.1) is 5.56 Å². The van der Waals surface area contributed by atoms with E-state index in [1.165, 1.54) is 37.6 Å². The van der Waals surface area contributed by atoms with E-state index in [-0.39, 0.29) is 11.5 Å². The molecule has 1 aliphatic heterocycles. The van der Waals surface area contributed by atoms with Crippen molar-refractivity contribution < 1.29 is 4.79 Å². The first-order chi connectivity index (χ1) is 8.75. The minimum absolute atomic E-state index is 0.136. The molecule has 2 N–H and O–H groups in total. The Labute approximate surface area is 106 Å². The number of likely N-dealkylation sites (tertiary alicyclic amines) is 1. The van der Waals surface area contributed by atoms with Gasteiger partial charge in [-0.25, -0.2) is 0 Å². The van der Waals surface area contributed by atoms with Crippen molar-refractivity contribution in [2.24, 2.45) is 0 Å². The zero-order valence-corrected chi connectivity index (χ0v) is 10.4. The lowest BCUT2D eigenvalue weighted by Gasteiger charge is -2.26. The van der Waals surface area contributed by atoms with Crippen LogP contribution >= 0.6 is 0 Å². The molecular formula is C13H19N3O2. The molecule has 0 unspecified atom stereocenters. The summed E-state index contributed by atoms with van der Waals surface area (Å²) in [7, 11) is 0. The van der Waals surface area contributed by atoms with Crippen molar-refractivity contribution in [2.75, 3.05) is 26.2 Å². The Morgan fingerprint density at radius 3 is 2.72 bits per heavy atom. The average molecular weight is 249 g/mol. The molecule has 0 atom stereocenters. The number of rotatable bonds is 4. The molecule has 0 aliphatic carbocycles. The molecule has 1 aromatic rings. The van der Waals surface area contributed by atoms with E-state index < -0.39 is 0 Å². The number of H-pyrrole nitrogens is 1. The van der Waals surface area contributed by atoms with E-state index in [1.54, 1.807) is 0 Å². The van der Waals surface area contributed by atoms with Gasteiger partial charge in [0.25, 0.3) is 5.91 Å². The van der Waals surface area contributed by atoms with E-state index in [4.69, 9.17) is 0 Å². The molecule has 1 fully saturated rings. The van der Waals surface area contributed by atoms with Crippen LogP contribution < -0.4 is 10.9 Å². The van der Waals surface area contributed by atoms with Gasteiger partial charge in [0, 0.05) is 25.4 Å². The highest BCUT2D eigenvalue weighted by Gasteiger charge is 2.10. The largest absolute Gasteiger partial charge is 0.351 e. The predicted octanol–water partition coefficient (Wildman–Crippen LogP) is 0.591. The molecule has 2 heterocycles. The molecule has 1 aromatic heterocycles. The number of aromatic amines is 1. The monoisotopic (exact) mass is 249 g/mol. The summed E-state index contributed by atoms with van der Waals surface area (Å²) in [5.74, 6) is -0.136. The Hall–Kier alpha value is -1.62. The fourth-order valence-electron chi connectivity index (χ4n) is 2.16. The van der Waals surface area contributed by atoms with E-state index >= 15 is 0 Å². The van der Waals surface area contributed by atoms with Crippen LogP contribution in [0.2, 0.25) is 0 Å². The minimum atomic E-state index is -0.195. The standard InChI is InChI=1S/C13H19N3O2/c17-12-5-4-11(10-15-12)13(18)14-6-9-16-7-2-1-3-8-16/h4-5,10H,1-3,6-9H2,(H,14,18)(H,15,17). The maximum absolute atomic E-state index is 11.7. The highest BCUT2D eigenvalue weighted by atomic mass is 16.1. The van der Waals surface area contributed by atoms with Crippen LogP contribution in [0, 0.1) is 0 Å². The molecule has 5 heteroatoms.